The lowest BCUT2D eigenvalue weighted by Gasteiger charge is -2.25. The molecule has 7 heteroatoms. The highest BCUT2D eigenvalue weighted by atomic mass is 16.6. The maximum atomic E-state index is 12.3. The van der Waals surface area contributed by atoms with E-state index in [0.717, 1.165) is 0 Å². The first-order valence-corrected chi connectivity index (χ1v) is 6.10. The lowest BCUT2D eigenvalue weighted by Crippen LogP contribution is -2.37. The number of amides is 1. The first-order chi connectivity index (χ1) is 9.38. The van der Waals surface area contributed by atoms with Gasteiger partial charge in [0.2, 0.25) is 0 Å². The molecular formula is C13H16N4O3. The number of carbonyl (C=O) groups excluding carboxylic acids is 1. The molecule has 0 spiro atoms. The molecule has 0 aromatic heterocycles. The summed E-state index contributed by atoms with van der Waals surface area (Å²) >= 11 is 0. The van der Waals surface area contributed by atoms with Gasteiger partial charge < -0.3 is 10.6 Å². The molecule has 0 saturated carbocycles. The largest absolute Gasteiger partial charge is 0.393 e. The summed E-state index contributed by atoms with van der Waals surface area (Å²) in [6.45, 7) is 3.92. The molecule has 0 fully saturated rings. The van der Waals surface area contributed by atoms with Gasteiger partial charge in [-0.25, -0.2) is 0 Å². The van der Waals surface area contributed by atoms with Crippen LogP contribution in [0.4, 0.5) is 11.4 Å². The Bertz CT molecular complexity index is 563. The van der Waals surface area contributed by atoms with Crippen molar-refractivity contribution in [3.63, 3.8) is 0 Å². The Morgan fingerprint density at radius 3 is 2.70 bits per heavy atom. The Morgan fingerprint density at radius 2 is 2.20 bits per heavy atom. The highest BCUT2D eigenvalue weighted by molar-refractivity contribution is 5.95. The van der Waals surface area contributed by atoms with Gasteiger partial charge in [-0.2, -0.15) is 5.26 Å². The number of nitrogens with two attached hydrogens (primary N) is 1. The van der Waals surface area contributed by atoms with E-state index in [1.807, 2.05) is 19.9 Å². The molecule has 0 aliphatic rings. The molecule has 0 aliphatic heterocycles. The number of nitro groups is 1. The van der Waals surface area contributed by atoms with Crippen LogP contribution in [0.3, 0.4) is 0 Å². The van der Waals surface area contributed by atoms with Gasteiger partial charge in [0.25, 0.3) is 11.6 Å². The van der Waals surface area contributed by atoms with Crippen molar-refractivity contribution in [3.8, 4) is 6.07 Å². The van der Waals surface area contributed by atoms with Crippen molar-refractivity contribution >= 4 is 17.3 Å². The van der Waals surface area contributed by atoms with Crippen LogP contribution >= 0.6 is 0 Å². The number of nitrogen functional groups attached to an aromatic ring is 1. The van der Waals surface area contributed by atoms with Crippen LogP contribution in [0.5, 0.6) is 0 Å². The van der Waals surface area contributed by atoms with Crippen LogP contribution in [0.25, 0.3) is 0 Å². The Morgan fingerprint density at radius 1 is 1.55 bits per heavy atom. The number of nitrogens with zero attached hydrogens (tertiary/aromatic N) is 3. The van der Waals surface area contributed by atoms with Crippen molar-refractivity contribution in [2.45, 2.75) is 26.3 Å². The highest BCUT2D eigenvalue weighted by Crippen LogP contribution is 2.23. The number of hydrogen-bond acceptors (Lipinski definition) is 5. The monoisotopic (exact) mass is 276 g/mol. The first kappa shape index (κ1) is 15.4. The summed E-state index contributed by atoms with van der Waals surface area (Å²) < 4.78 is 0. The molecule has 1 amide bonds. The van der Waals surface area contributed by atoms with Crippen molar-refractivity contribution in [2.24, 2.45) is 0 Å². The number of nitro benzene ring substituents is 1. The Kier molecular flexibility index (Phi) is 5.03. The minimum absolute atomic E-state index is 0.0136. The summed E-state index contributed by atoms with van der Waals surface area (Å²) in [5.41, 5.74) is 5.41. The molecule has 106 valence electrons. The summed E-state index contributed by atoms with van der Waals surface area (Å²) in [4.78, 5) is 24.0. The van der Waals surface area contributed by atoms with Crippen LogP contribution < -0.4 is 5.73 Å². The van der Waals surface area contributed by atoms with Gasteiger partial charge in [-0.3, -0.25) is 14.9 Å². The summed E-state index contributed by atoms with van der Waals surface area (Å²) in [5.74, 6) is -0.349. The van der Waals surface area contributed by atoms with Crippen LogP contribution in [-0.2, 0) is 0 Å². The third kappa shape index (κ3) is 3.45. The first-order valence-electron chi connectivity index (χ1n) is 6.10. The van der Waals surface area contributed by atoms with E-state index in [0.29, 0.717) is 0 Å². The second-order valence-corrected chi connectivity index (χ2v) is 4.53. The van der Waals surface area contributed by atoms with Gasteiger partial charge in [-0.1, -0.05) is 0 Å². The zero-order valence-electron chi connectivity index (χ0n) is 11.4. The highest BCUT2D eigenvalue weighted by Gasteiger charge is 2.21. The molecule has 0 aliphatic carbocycles. The van der Waals surface area contributed by atoms with Crippen LogP contribution in [0.2, 0.25) is 0 Å². The molecule has 1 aromatic carbocycles. The molecule has 1 aromatic rings. The van der Waals surface area contributed by atoms with Crippen LogP contribution in [0, 0.1) is 21.4 Å². The van der Waals surface area contributed by atoms with E-state index in [9.17, 15) is 14.9 Å². The smallest absolute Gasteiger partial charge is 0.292 e. The third-order valence-corrected chi connectivity index (χ3v) is 2.82. The molecule has 0 atom stereocenters. The summed E-state index contributed by atoms with van der Waals surface area (Å²) in [6.07, 6.45) is 0.209. The molecule has 1 rings (SSSR count). The number of anilines is 1. The zero-order valence-corrected chi connectivity index (χ0v) is 11.4. The molecule has 7 nitrogen and oxygen atoms in total. The van der Waals surface area contributed by atoms with Gasteiger partial charge >= 0.3 is 0 Å². The lowest BCUT2D eigenvalue weighted by atomic mass is 10.1. The quantitative estimate of drug-likeness (QED) is 0.501. The van der Waals surface area contributed by atoms with Gasteiger partial charge in [-0.05, 0) is 26.0 Å². The summed E-state index contributed by atoms with van der Waals surface area (Å²) in [7, 11) is 0. The van der Waals surface area contributed by atoms with E-state index in [1.165, 1.54) is 23.1 Å². The van der Waals surface area contributed by atoms with Gasteiger partial charge in [-0.15, -0.1) is 0 Å². The normalized spacial score (nSPS) is 10.1. The van der Waals surface area contributed by atoms with Crippen molar-refractivity contribution in [2.75, 3.05) is 12.3 Å². The standard InChI is InChI=1S/C13H16N4O3/c1-9(2)16(7-3-6-14)13(18)10-4-5-11(15)12(8-10)17(19)20/h4-5,8-9H,3,7,15H2,1-2H3. The SMILES string of the molecule is CC(C)N(CCC#N)C(=O)c1ccc(N)c([N+](=O)[O-])c1. The van der Waals surface area contributed by atoms with E-state index in [1.54, 1.807) is 0 Å². The Labute approximate surface area is 116 Å². The second kappa shape index (κ2) is 6.52. The molecule has 0 saturated heterocycles. The fraction of sp³-hybridized carbons (Fsp3) is 0.385. The van der Waals surface area contributed by atoms with Crippen molar-refractivity contribution in [3.05, 3.63) is 33.9 Å². The topological polar surface area (TPSA) is 113 Å². The molecule has 2 N–H and O–H groups in total. The number of hydrogen-bond donors (Lipinski definition) is 1. The predicted octanol–water partition coefficient (Wildman–Crippen LogP) is 1.94. The van der Waals surface area contributed by atoms with E-state index in [4.69, 9.17) is 11.0 Å². The molecular weight excluding hydrogens is 260 g/mol. The molecule has 0 unspecified atom stereocenters. The fourth-order valence-electron chi connectivity index (χ4n) is 1.77. The minimum Gasteiger partial charge on any atom is -0.393 e. The average molecular weight is 276 g/mol. The second-order valence-electron chi connectivity index (χ2n) is 4.53. The van der Waals surface area contributed by atoms with Gasteiger partial charge in [0.1, 0.15) is 5.69 Å². The van der Waals surface area contributed by atoms with Gasteiger partial charge in [0, 0.05) is 24.2 Å². The average Bonchev–Trinajstić information content (AvgIpc) is 2.38. The lowest BCUT2D eigenvalue weighted by molar-refractivity contribution is -0.383. The van der Waals surface area contributed by atoms with Crippen LogP contribution in [0.1, 0.15) is 30.6 Å². The predicted molar refractivity (Wildman–Crippen MR) is 73.9 cm³/mol. The molecule has 0 radical (unpaired) electrons. The Hall–Kier alpha value is -2.62. The Balaban J connectivity index is 3.09. The van der Waals surface area contributed by atoms with E-state index < -0.39 is 4.92 Å². The van der Waals surface area contributed by atoms with Crippen molar-refractivity contribution in [1.29, 1.82) is 5.26 Å². The number of benzene rings is 1. The van der Waals surface area contributed by atoms with Crippen LogP contribution in [-0.4, -0.2) is 28.3 Å². The molecule has 0 heterocycles. The van der Waals surface area contributed by atoms with Gasteiger partial charge in [0.05, 0.1) is 17.4 Å². The van der Waals surface area contributed by atoms with Crippen molar-refractivity contribution < 1.29 is 9.72 Å². The number of rotatable bonds is 5. The van der Waals surface area contributed by atoms with E-state index in [-0.39, 0.29) is 41.9 Å². The molecule has 0 bridgehead atoms. The summed E-state index contributed by atoms with van der Waals surface area (Å²) in [5, 5.41) is 19.4. The van der Waals surface area contributed by atoms with Crippen LogP contribution in [0.15, 0.2) is 18.2 Å². The third-order valence-electron chi connectivity index (χ3n) is 2.82. The van der Waals surface area contributed by atoms with E-state index >= 15 is 0 Å². The molecule has 20 heavy (non-hydrogen) atoms. The minimum atomic E-state index is -0.624. The van der Waals surface area contributed by atoms with Crippen molar-refractivity contribution in [1.82, 2.24) is 4.90 Å². The summed E-state index contributed by atoms with van der Waals surface area (Å²) in [6, 6.07) is 5.83. The van der Waals surface area contributed by atoms with E-state index in [2.05, 4.69) is 0 Å². The number of nitriles is 1. The maximum Gasteiger partial charge on any atom is 0.292 e. The van der Waals surface area contributed by atoms with Gasteiger partial charge in [0.15, 0.2) is 0 Å². The zero-order chi connectivity index (χ0) is 15.3. The maximum absolute atomic E-state index is 12.3. The number of carbonyl (C=O) groups is 1. The fourth-order valence-corrected chi connectivity index (χ4v) is 1.77.